The number of esters is 1. The molecular weight excluding hydrogens is 292 g/mol. The third-order valence-corrected chi connectivity index (χ3v) is 4.32. The van der Waals surface area contributed by atoms with Crippen molar-refractivity contribution < 1.29 is 19.4 Å². The van der Waals surface area contributed by atoms with E-state index in [1.165, 1.54) is 18.8 Å². The first-order valence-electron chi connectivity index (χ1n) is 8.51. The van der Waals surface area contributed by atoms with Crippen LogP contribution in [0.1, 0.15) is 59.8 Å². The molecule has 130 valence electrons. The van der Waals surface area contributed by atoms with Crippen molar-refractivity contribution in [3.8, 4) is 0 Å². The molecule has 0 fully saturated rings. The van der Waals surface area contributed by atoms with Gasteiger partial charge in [-0.25, -0.2) is 4.79 Å². The fraction of sp³-hybridized carbons (Fsp3) is 0.632. The van der Waals surface area contributed by atoms with E-state index in [4.69, 9.17) is 9.47 Å². The highest BCUT2D eigenvalue weighted by Gasteiger charge is 2.36. The molecule has 0 aromatic heterocycles. The summed E-state index contributed by atoms with van der Waals surface area (Å²) in [5.41, 5.74) is 1.76. The van der Waals surface area contributed by atoms with Crippen LogP contribution in [0, 0.1) is 0 Å². The van der Waals surface area contributed by atoms with Crippen LogP contribution in [0.5, 0.6) is 0 Å². The van der Waals surface area contributed by atoms with Gasteiger partial charge in [-0.05, 0) is 37.3 Å². The molecule has 0 spiro atoms. The van der Waals surface area contributed by atoms with Gasteiger partial charge in [0.05, 0.1) is 19.3 Å². The van der Waals surface area contributed by atoms with Crippen LogP contribution in [0.2, 0.25) is 0 Å². The van der Waals surface area contributed by atoms with Crippen LogP contribution in [-0.4, -0.2) is 29.9 Å². The summed E-state index contributed by atoms with van der Waals surface area (Å²) >= 11 is 0. The van der Waals surface area contributed by atoms with Gasteiger partial charge in [-0.2, -0.15) is 0 Å². The van der Waals surface area contributed by atoms with Crippen LogP contribution in [0.3, 0.4) is 0 Å². The molecule has 0 aromatic rings. The van der Waals surface area contributed by atoms with Gasteiger partial charge in [0.1, 0.15) is 11.4 Å². The molecule has 4 nitrogen and oxygen atoms in total. The second-order valence-corrected chi connectivity index (χ2v) is 5.91. The van der Waals surface area contributed by atoms with Crippen LogP contribution < -0.4 is 0 Å². The predicted molar refractivity (Wildman–Crippen MR) is 91.9 cm³/mol. The maximum atomic E-state index is 11.5. The van der Waals surface area contributed by atoms with Crippen LogP contribution in [0.15, 0.2) is 35.1 Å². The van der Waals surface area contributed by atoms with E-state index in [1.54, 1.807) is 0 Å². The number of hydrogen-bond donors (Lipinski definition) is 1. The minimum Gasteiger partial charge on any atom is -0.482 e. The molecule has 23 heavy (non-hydrogen) atoms. The molecule has 0 amide bonds. The Hall–Kier alpha value is -1.55. The third kappa shape index (κ3) is 5.24. The lowest BCUT2D eigenvalue weighted by molar-refractivity contribution is -0.135. The molecule has 0 aliphatic carbocycles. The lowest BCUT2D eigenvalue weighted by Gasteiger charge is -2.28. The van der Waals surface area contributed by atoms with Crippen molar-refractivity contribution in [3.63, 3.8) is 0 Å². The van der Waals surface area contributed by atoms with Gasteiger partial charge in [-0.1, -0.05) is 39.3 Å². The minimum atomic E-state index is -0.444. The van der Waals surface area contributed by atoms with Crippen molar-refractivity contribution >= 4 is 5.97 Å². The quantitative estimate of drug-likeness (QED) is 0.416. The van der Waals surface area contributed by atoms with E-state index in [-0.39, 0.29) is 0 Å². The summed E-state index contributed by atoms with van der Waals surface area (Å²) < 4.78 is 10.9. The summed E-state index contributed by atoms with van der Waals surface area (Å²) in [6.07, 6.45) is 8.95. The number of carbonyl (C=O) groups excluding carboxylic acids is 1. The molecule has 0 radical (unpaired) electrons. The van der Waals surface area contributed by atoms with Crippen LogP contribution >= 0.6 is 0 Å². The number of aliphatic hydroxyl groups excluding tert-OH is 1. The summed E-state index contributed by atoms with van der Waals surface area (Å²) in [4.78, 5) is 11.5. The van der Waals surface area contributed by atoms with Gasteiger partial charge in [0.25, 0.3) is 0 Å². The van der Waals surface area contributed by atoms with Crippen molar-refractivity contribution in [1.82, 2.24) is 0 Å². The Balaban J connectivity index is 3.06. The Morgan fingerprint density at radius 1 is 1.39 bits per heavy atom. The van der Waals surface area contributed by atoms with Gasteiger partial charge in [-0.3, -0.25) is 0 Å². The van der Waals surface area contributed by atoms with Crippen LogP contribution in [-0.2, 0) is 14.3 Å². The van der Waals surface area contributed by atoms with Crippen LogP contribution in [0.4, 0.5) is 0 Å². The zero-order chi connectivity index (χ0) is 17.5. The molecule has 1 heterocycles. The maximum absolute atomic E-state index is 11.5. The van der Waals surface area contributed by atoms with E-state index in [2.05, 4.69) is 19.9 Å². The second-order valence-electron chi connectivity index (χ2n) is 5.91. The molecule has 0 saturated heterocycles. The van der Waals surface area contributed by atoms with Crippen molar-refractivity contribution in [2.24, 2.45) is 0 Å². The Morgan fingerprint density at radius 3 is 2.57 bits per heavy atom. The zero-order valence-corrected chi connectivity index (χ0v) is 15.0. The van der Waals surface area contributed by atoms with Crippen molar-refractivity contribution in [3.05, 3.63) is 35.1 Å². The highest BCUT2D eigenvalue weighted by Crippen LogP contribution is 2.40. The Morgan fingerprint density at radius 2 is 2.09 bits per heavy atom. The first-order chi connectivity index (χ1) is 10.9. The van der Waals surface area contributed by atoms with Crippen molar-refractivity contribution in [2.75, 3.05) is 7.11 Å². The number of rotatable bonds is 8. The Labute approximate surface area is 139 Å². The molecule has 1 aliphatic heterocycles. The molecular formula is C19H30O4. The summed E-state index contributed by atoms with van der Waals surface area (Å²) in [6.45, 7) is 8.17. The highest BCUT2D eigenvalue weighted by atomic mass is 16.5. The third-order valence-electron chi connectivity index (χ3n) is 4.32. The SMILES string of the molecule is CCC(=C[C@@H](O)CC)C[C@]1(CC)C=C(CC)C(=CC(=O)OC)O1. The monoisotopic (exact) mass is 322 g/mol. The molecule has 4 heteroatoms. The van der Waals surface area contributed by atoms with E-state index in [0.29, 0.717) is 12.2 Å². The molecule has 0 bridgehead atoms. The maximum Gasteiger partial charge on any atom is 0.334 e. The summed E-state index contributed by atoms with van der Waals surface area (Å²) in [6, 6.07) is 0. The first kappa shape index (κ1) is 19.5. The highest BCUT2D eigenvalue weighted by molar-refractivity contribution is 5.83. The van der Waals surface area contributed by atoms with Crippen molar-refractivity contribution in [1.29, 1.82) is 0 Å². The summed E-state index contributed by atoms with van der Waals surface area (Å²) in [5, 5.41) is 9.89. The van der Waals surface area contributed by atoms with E-state index in [0.717, 1.165) is 31.3 Å². The molecule has 0 unspecified atom stereocenters. The average Bonchev–Trinajstić information content (AvgIpc) is 2.91. The molecule has 1 aliphatic rings. The first-order valence-corrected chi connectivity index (χ1v) is 8.51. The summed E-state index contributed by atoms with van der Waals surface area (Å²) in [5.74, 6) is 0.201. The fourth-order valence-electron chi connectivity index (χ4n) is 2.73. The molecule has 0 saturated carbocycles. The fourth-order valence-corrected chi connectivity index (χ4v) is 2.73. The average molecular weight is 322 g/mol. The van der Waals surface area contributed by atoms with E-state index in [9.17, 15) is 9.90 Å². The smallest absolute Gasteiger partial charge is 0.334 e. The summed E-state index contributed by atoms with van der Waals surface area (Å²) in [7, 11) is 1.36. The van der Waals surface area contributed by atoms with Gasteiger partial charge in [0, 0.05) is 6.42 Å². The Kier molecular flexibility index (Phi) is 7.56. The lowest BCUT2D eigenvalue weighted by atomic mass is 9.89. The molecule has 1 N–H and O–H groups in total. The number of allylic oxidation sites excluding steroid dienone is 1. The number of aliphatic hydroxyl groups is 1. The number of ether oxygens (including phenoxy) is 2. The van der Waals surface area contributed by atoms with Gasteiger partial charge >= 0.3 is 5.97 Å². The topological polar surface area (TPSA) is 55.8 Å². The minimum absolute atomic E-state index is 0.404. The van der Waals surface area contributed by atoms with E-state index >= 15 is 0 Å². The normalized spacial score (nSPS) is 24.3. The predicted octanol–water partition coefficient (Wildman–Crippen LogP) is 4.06. The zero-order valence-electron chi connectivity index (χ0n) is 15.0. The number of hydrogen-bond acceptors (Lipinski definition) is 4. The second kappa shape index (κ2) is 8.92. The largest absolute Gasteiger partial charge is 0.482 e. The molecule has 1 rings (SSSR count). The van der Waals surface area contributed by atoms with Gasteiger partial charge in [0.2, 0.25) is 0 Å². The van der Waals surface area contributed by atoms with Crippen LogP contribution in [0.25, 0.3) is 0 Å². The van der Waals surface area contributed by atoms with Crippen molar-refractivity contribution in [2.45, 2.75) is 71.5 Å². The lowest BCUT2D eigenvalue weighted by Crippen LogP contribution is -2.26. The van der Waals surface area contributed by atoms with E-state index < -0.39 is 17.7 Å². The van der Waals surface area contributed by atoms with Gasteiger partial charge < -0.3 is 14.6 Å². The Bertz CT molecular complexity index is 501. The number of methoxy groups -OCH3 is 1. The molecule has 0 aromatic carbocycles. The standard InChI is InChI=1S/C19H30O4/c1-6-14(10-16(20)8-3)12-19(9-4)13-15(7-2)17(23-19)11-18(21)22-5/h10-11,13,16,20H,6-9,12H2,1-5H3/t16-,19+/m0/s1. The van der Waals surface area contributed by atoms with Gasteiger partial charge in [-0.15, -0.1) is 0 Å². The van der Waals surface area contributed by atoms with Gasteiger partial charge in [0.15, 0.2) is 0 Å². The molecule has 2 atom stereocenters. The van der Waals surface area contributed by atoms with E-state index in [1.807, 2.05) is 19.9 Å². The number of carbonyl (C=O) groups is 1.